The average molecular weight is 216 g/mol. The van der Waals surface area contributed by atoms with Crippen molar-refractivity contribution in [2.45, 2.75) is 19.8 Å². The van der Waals surface area contributed by atoms with Crippen LogP contribution < -0.4 is 0 Å². The number of hydrogen-bond donors (Lipinski definition) is 0. The van der Waals surface area contributed by atoms with Crippen molar-refractivity contribution in [3.63, 3.8) is 0 Å². The summed E-state index contributed by atoms with van der Waals surface area (Å²) >= 11 is 0. The molecule has 0 radical (unpaired) electrons. The minimum absolute atomic E-state index is 0.0619. The van der Waals surface area contributed by atoms with Gasteiger partial charge in [-0.1, -0.05) is 0 Å². The fraction of sp³-hybridized carbons (Fsp3) is 0.385. The third-order valence-electron chi connectivity index (χ3n) is 2.91. The van der Waals surface area contributed by atoms with Crippen LogP contribution in [0, 0.1) is 0 Å². The highest BCUT2D eigenvalue weighted by Crippen LogP contribution is 2.14. The van der Waals surface area contributed by atoms with Gasteiger partial charge in [-0.2, -0.15) is 0 Å². The highest BCUT2D eigenvalue weighted by Gasteiger charge is 2.12. The van der Waals surface area contributed by atoms with Crippen LogP contribution in [0.1, 0.15) is 30.1 Å². The predicted molar refractivity (Wildman–Crippen MR) is 63.1 cm³/mol. The Hall–Kier alpha value is -1.64. The fourth-order valence-electron chi connectivity index (χ4n) is 1.95. The number of aromatic nitrogens is 1. The first-order valence-corrected chi connectivity index (χ1v) is 5.65. The molecule has 0 aromatic carbocycles. The maximum atomic E-state index is 11.9. The fourth-order valence-corrected chi connectivity index (χ4v) is 1.95. The lowest BCUT2D eigenvalue weighted by Gasteiger charge is -2.17. The molecule has 1 fully saturated rings. The molecule has 1 aliphatic heterocycles. The zero-order valence-electron chi connectivity index (χ0n) is 9.52. The van der Waals surface area contributed by atoms with E-state index in [9.17, 15) is 4.79 Å². The van der Waals surface area contributed by atoms with Crippen LogP contribution in [0.3, 0.4) is 0 Å². The second-order valence-corrected chi connectivity index (χ2v) is 4.08. The van der Waals surface area contributed by atoms with Crippen LogP contribution in [0.2, 0.25) is 0 Å². The number of rotatable bonds is 3. The second kappa shape index (κ2) is 4.92. The maximum absolute atomic E-state index is 11.9. The van der Waals surface area contributed by atoms with Crippen molar-refractivity contribution in [3.8, 4) is 0 Å². The van der Waals surface area contributed by atoms with E-state index in [0.29, 0.717) is 5.56 Å². The molecule has 0 saturated carbocycles. The van der Waals surface area contributed by atoms with Gasteiger partial charge in [0.05, 0.1) is 0 Å². The van der Waals surface area contributed by atoms with Crippen molar-refractivity contribution < 1.29 is 4.79 Å². The first kappa shape index (κ1) is 10.9. The summed E-state index contributed by atoms with van der Waals surface area (Å²) < 4.78 is 0. The SMILES string of the molecule is C/C(=C/C(=O)c1ccncc1)N1CCCC1. The van der Waals surface area contributed by atoms with Crippen LogP contribution in [0.15, 0.2) is 36.3 Å². The van der Waals surface area contributed by atoms with E-state index in [1.54, 1.807) is 30.6 Å². The summed E-state index contributed by atoms with van der Waals surface area (Å²) in [6, 6.07) is 3.49. The Balaban J connectivity index is 2.08. The first-order valence-electron chi connectivity index (χ1n) is 5.65. The number of carbonyl (C=O) groups excluding carboxylic acids is 1. The maximum Gasteiger partial charge on any atom is 0.187 e. The molecular formula is C13H16N2O. The van der Waals surface area contributed by atoms with E-state index in [1.165, 1.54) is 12.8 Å². The number of ketones is 1. The van der Waals surface area contributed by atoms with Crippen LogP contribution in [0.25, 0.3) is 0 Å². The molecule has 2 heterocycles. The molecule has 0 atom stereocenters. The van der Waals surface area contributed by atoms with Gasteiger partial charge in [0, 0.05) is 42.8 Å². The van der Waals surface area contributed by atoms with E-state index in [4.69, 9.17) is 0 Å². The number of pyridine rings is 1. The Bertz CT molecular complexity index is 392. The van der Waals surface area contributed by atoms with Crippen molar-refractivity contribution in [1.82, 2.24) is 9.88 Å². The number of carbonyl (C=O) groups is 1. The molecule has 16 heavy (non-hydrogen) atoms. The van der Waals surface area contributed by atoms with E-state index in [0.717, 1.165) is 18.8 Å². The molecule has 0 bridgehead atoms. The molecule has 84 valence electrons. The van der Waals surface area contributed by atoms with Crippen LogP contribution in [-0.2, 0) is 0 Å². The molecule has 1 aliphatic rings. The molecule has 1 saturated heterocycles. The molecule has 0 amide bonds. The zero-order chi connectivity index (χ0) is 11.4. The third-order valence-corrected chi connectivity index (χ3v) is 2.91. The average Bonchev–Trinajstić information content (AvgIpc) is 2.83. The van der Waals surface area contributed by atoms with Gasteiger partial charge in [-0.3, -0.25) is 9.78 Å². The highest BCUT2D eigenvalue weighted by atomic mass is 16.1. The van der Waals surface area contributed by atoms with Gasteiger partial charge in [-0.15, -0.1) is 0 Å². The zero-order valence-corrected chi connectivity index (χ0v) is 9.52. The molecule has 0 N–H and O–H groups in total. The van der Waals surface area contributed by atoms with Gasteiger partial charge in [-0.25, -0.2) is 0 Å². The van der Waals surface area contributed by atoms with Gasteiger partial charge in [-0.05, 0) is 31.9 Å². The summed E-state index contributed by atoms with van der Waals surface area (Å²) in [5, 5.41) is 0. The first-order chi connectivity index (χ1) is 7.77. The predicted octanol–water partition coefficient (Wildman–Crippen LogP) is 2.26. The molecular weight excluding hydrogens is 200 g/mol. The summed E-state index contributed by atoms with van der Waals surface area (Å²) in [6.07, 6.45) is 7.47. The van der Waals surface area contributed by atoms with Gasteiger partial charge in [0.15, 0.2) is 5.78 Å². The molecule has 2 rings (SSSR count). The van der Waals surface area contributed by atoms with Gasteiger partial charge in [0.1, 0.15) is 0 Å². The smallest absolute Gasteiger partial charge is 0.187 e. The standard InChI is InChI=1S/C13H16N2O/c1-11(15-8-2-3-9-15)10-13(16)12-4-6-14-7-5-12/h4-7,10H,2-3,8-9H2,1H3/b11-10-. The van der Waals surface area contributed by atoms with Crippen molar-refractivity contribution in [1.29, 1.82) is 0 Å². The molecule has 3 heteroatoms. The Labute approximate surface area is 95.8 Å². The van der Waals surface area contributed by atoms with Crippen molar-refractivity contribution in [3.05, 3.63) is 41.9 Å². The Morgan fingerprint density at radius 3 is 2.56 bits per heavy atom. The normalized spacial score (nSPS) is 16.6. The minimum atomic E-state index is 0.0619. The van der Waals surface area contributed by atoms with Crippen LogP contribution in [0.5, 0.6) is 0 Å². The summed E-state index contributed by atoms with van der Waals surface area (Å²) in [5.74, 6) is 0.0619. The summed E-state index contributed by atoms with van der Waals surface area (Å²) in [5.41, 5.74) is 1.77. The molecule has 0 spiro atoms. The summed E-state index contributed by atoms with van der Waals surface area (Å²) in [4.78, 5) is 18.0. The third kappa shape index (κ3) is 2.48. The summed E-state index contributed by atoms with van der Waals surface area (Å²) in [6.45, 7) is 4.16. The van der Waals surface area contributed by atoms with Crippen LogP contribution >= 0.6 is 0 Å². The number of allylic oxidation sites excluding steroid dienone is 2. The van der Waals surface area contributed by atoms with Crippen molar-refractivity contribution in [2.75, 3.05) is 13.1 Å². The number of hydrogen-bond acceptors (Lipinski definition) is 3. The van der Waals surface area contributed by atoms with E-state index >= 15 is 0 Å². The van der Waals surface area contributed by atoms with E-state index < -0.39 is 0 Å². The van der Waals surface area contributed by atoms with Crippen molar-refractivity contribution in [2.24, 2.45) is 0 Å². The topological polar surface area (TPSA) is 33.2 Å². The monoisotopic (exact) mass is 216 g/mol. The molecule has 3 nitrogen and oxygen atoms in total. The van der Waals surface area contributed by atoms with Crippen molar-refractivity contribution >= 4 is 5.78 Å². The number of likely N-dealkylation sites (tertiary alicyclic amines) is 1. The Kier molecular flexibility index (Phi) is 3.34. The quantitative estimate of drug-likeness (QED) is 0.574. The van der Waals surface area contributed by atoms with Gasteiger partial charge in [0.25, 0.3) is 0 Å². The second-order valence-electron chi connectivity index (χ2n) is 4.08. The highest BCUT2D eigenvalue weighted by molar-refractivity contribution is 6.04. The number of nitrogens with zero attached hydrogens (tertiary/aromatic N) is 2. The lowest BCUT2D eigenvalue weighted by molar-refractivity contribution is 0.104. The Morgan fingerprint density at radius 2 is 1.94 bits per heavy atom. The molecule has 1 aromatic heterocycles. The van der Waals surface area contributed by atoms with E-state index in [1.807, 2.05) is 6.92 Å². The lowest BCUT2D eigenvalue weighted by Crippen LogP contribution is -2.17. The van der Waals surface area contributed by atoms with Gasteiger partial charge >= 0.3 is 0 Å². The Morgan fingerprint density at radius 1 is 1.31 bits per heavy atom. The van der Waals surface area contributed by atoms with E-state index in [-0.39, 0.29) is 5.78 Å². The minimum Gasteiger partial charge on any atom is -0.375 e. The van der Waals surface area contributed by atoms with Gasteiger partial charge < -0.3 is 4.90 Å². The largest absolute Gasteiger partial charge is 0.375 e. The van der Waals surface area contributed by atoms with Crippen LogP contribution in [0.4, 0.5) is 0 Å². The molecule has 0 unspecified atom stereocenters. The summed E-state index contributed by atoms with van der Waals surface area (Å²) in [7, 11) is 0. The molecule has 0 aliphatic carbocycles. The van der Waals surface area contributed by atoms with E-state index in [2.05, 4.69) is 9.88 Å². The lowest BCUT2D eigenvalue weighted by atomic mass is 10.1. The van der Waals surface area contributed by atoms with Gasteiger partial charge in [0.2, 0.25) is 0 Å². The van der Waals surface area contributed by atoms with Crippen LogP contribution in [-0.4, -0.2) is 28.8 Å². The molecule has 1 aromatic rings.